The molecule has 0 aromatic heterocycles. The average Bonchev–Trinajstić information content (AvgIpc) is 2.06. The number of halogens is 5. The van der Waals surface area contributed by atoms with E-state index in [9.17, 15) is 18.0 Å². The van der Waals surface area contributed by atoms with Gasteiger partial charge in [0.15, 0.2) is 5.78 Å². The van der Waals surface area contributed by atoms with E-state index < -0.39 is 17.5 Å². The maximum Gasteiger partial charge on any atom is 0.417 e. The highest BCUT2D eigenvalue weighted by Gasteiger charge is 2.34. The lowest BCUT2D eigenvalue weighted by Crippen LogP contribution is -2.10. The minimum Gasteiger partial charge on any atom is -0.295 e. The molecule has 0 bridgehead atoms. The van der Waals surface area contributed by atoms with E-state index in [4.69, 9.17) is 0 Å². The van der Waals surface area contributed by atoms with Crippen molar-refractivity contribution in [2.24, 2.45) is 0 Å². The zero-order valence-corrected chi connectivity index (χ0v) is 11.2. The number of rotatable bonds is 1. The molecule has 6 heteroatoms. The van der Waals surface area contributed by atoms with Crippen molar-refractivity contribution in [3.8, 4) is 0 Å². The Balaban J connectivity index is 3.45. The lowest BCUT2D eigenvalue weighted by atomic mass is 10.1. The average molecular weight is 393 g/mol. The van der Waals surface area contributed by atoms with E-state index in [-0.39, 0.29) is 13.6 Å². The molecule has 15 heavy (non-hydrogen) atoms. The van der Waals surface area contributed by atoms with Crippen LogP contribution in [0.2, 0.25) is 0 Å². The summed E-state index contributed by atoms with van der Waals surface area (Å²) in [5, 5.41) is 0. The third-order valence-electron chi connectivity index (χ3n) is 1.74. The number of carbonyl (C=O) groups excluding carboxylic acids is 1. The van der Waals surface area contributed by atoms with Gasteiger partial charge in [-0.3, -0.25) is 4.79 Å². The molecule has 0 fully saturated rings. The lowest BCUT2D eigenvalue weighted by molar-refractivity contribution is -0.138. The van der Waals surface area contributed by atoms with Gasteiger partial charge in [-0.15, -0.1) is 0 Å². The van der Waals surface area contributed by atoms with E-state index in [1.165, 1.54) is 13.0 Å². The Labute approximate surface area is 106 Å². The lowest BCUT2D eigenvalue weighted by Gasteiger charge is -2.11. The van der Waals surface area contributed by atoms with Crippen LogP contribution >= 0.6 is 38.5 Å². The summed E-state index contributed by atoms with van der Waals surface area (Å²) in [6.07, 6.45) is -4.44. The molecule has 0 radical (unpaired) electrons. The Hall–Kier alpha value is -0.110. The molecule has 1 aromatic rings. The van der Waals surface area contributed by atoms with Gasteiger partial charge in [0.2, 0.25) is 0 Å². The van der Waals surface area contributed by atoms with Crippen molar-refractivity contribution in [2.45, 2.75) is 13.1 Å². The van der Waals surface area contributed by atoms with Crippen LogP contribution in [-0.4, -0.2) is 5.78 Å². The first kappa shape index (κ1) is 13.0. The van der Waals surface area contributed by atoms with Crippen LogP contribution in [0.4, 0.5) is 13.2 Å². The van der Waals surface area contributed by atoms with E-state index >= 15 is 0 Å². The van der Waals surface area contributed by atoms with Crippen molar-refractivity contribution in [2.75, 3.05) is 0 Å². The topological polar surface area (TPSA) is 17.1 Å². The summed E-state index contributed by atoms with van der Waals surface area (Å²) in [6, 6.07) is 2.26. The molecule has 0 atom stereocenters. The van der Waals surface area contributed by atoms with E-state index in [1.54, 1.807) is 22.6 Å². The molecule has 0 unspecified atom stereocenters. The van der Waals surface area contributed by atoms with Gasteiger partial charge in [0.05, 0.1) is 5.56 Å². The van der Waals surface area contributed by atoms with Crippen LogP contribution in [0.15, 0.2) is 16.6 Å². The summed E-state index contributed by atoms with van der Waals surface area (Å²) in [5.74, 6) is -0.391. The molecular formula is C9H5BrF3IO. The predicted molar refractivity (Wildman–Crippen MR) is 61.9 cm³/mol. The quantitative estimate of drug-likeness (QED) is 0.515. The zero-order chi connectivity index (χ0) is 11.8. The Bertz CT molecular complexity index is 415. The summed E-state index contributed by atoms with van der Waals surface area (Å²) in [6.45, 7) is 1.23. The smallest absolute Gasteiger partial charge is 0.295 e. The predicted octanol–water partition coefficient (Wildman–Crippen LogP) is 4.28. The maximum absolute atomic E-state index is 12.5. The number of Topliss-reactive ketones (excluding diaryl/α,β-unsaturated/α-hetero) is 1. The van der Waals surface area contributed by atoms with Gasteiger partial charge in [-0.05, 0) is 57.6 Å². The first-order valence-corrected chi connectivity index (χ1v) is 5.68. The molecule has 0 spiro atoms. The molecule has 0 saturated carbocycles. The first-order chi connectivity index (χ1) is 6.73. The van der Waals surface area contributed by atoms with Crippen LogP contribution in [0.3, 0.4) is 0 Å². The molecule has 82 valence electrons. The summed E-state index contributed by atoms with van der Waals surface area (Å²) in [5.41, 5.74) is -0.739. The molecular weight excluding hydrogens is 388 g/mol. The summed E-state index contributed by atoms with van der Waals surface area (Å²) < 4.78 is 37.9. The van der Waals surface area contributed by atoms with Crippen LogP contribution in [0.5, 0.6) is 0 Å². The number of carbonyl (C=O) groups is 1. The Morgan fingerprint density at radius 2 is 1.93 bits per heavy atom. The van der Waals surface area contributed by atoms with Crippen molar-refractivity contribution < 1.29 is 18.0 Å². The Morgan fingerprint density at radius 3 is 2.33 bits per heavy atom. The minimum absolute atomic E-state index is 0.0506. The van der Waals surface area contributed by atoms with Gasteiger partial charge < -0.3 is 0 Å². The minimum atomic E-state index is -4.44. The zero-order valence-electron chi connectivity index (χ0n) is 7.45. The molecule has 0 heterocycles. The van der Waals surface area contributed by atoms with Crippen LogP contribution in [-0.2, 0) is 6.18 Å². The number of ketones is 1. The highest BCUT2D eigenvalue weighted by Crippen LogP contribution is 2.36. The SMILES string of the molecule is CC(=O)c1cc(Br)c(I)c(C(F)(F)F)c1. The van der Waals surface area contributed by atoms with E-state index in [2.05, 4.69) is 15.9 Å². The van der Waals surface area contributed by atoms with Crippen LogP contribution in [0.1, 0.15) is 22.8 Å². The number of alkyl halides is 3. The second-order valence-corrected chi connectivity index (χ2v) is 4.81. The van der Waals surface area contributed by atoms with Crippen molar-refractivity contribution in [3.63, 3.8) is 0 Å². The standard InChI is InChI=1S/C9H5BrF3IO/c1-4(15)5-2-6(9(11,12)13)8(14)7(10)3-5/h2-3H,1H3. The van der Waals surface area contributed by atoms with Gasteiger partial charge in [0.25, 0.3) is 0 Å². The summed E-state index contributed by atoms with van der Waals surface area (Å²) in [7, 11) is 0. The fraction of sp³-hybridized carbons (Fsp3) is 0.222. The maximum atomic E-state index is 12.5. The summed E-state index contributed by atoms with van der Waals surface area (Å²) >= 11 is 4.59. The Morgan fingerprint density at radius 1 is 1.40 bits per heavy atom. The van der Waals surface area contributed by atoms with E-state index in [0.29, 0.717) is 0 Å². The third kappa shape index (κ3) is 2.93. The molecule has 0 saturated heterocycles. The van der Waals surface area contributed by atoms with Crippen LogP contribution in [0.25, 0.3) is 0 Å². The van der Waals surface area contributed by atoms with Gasteiger partial charge in [-0.25, -0.2) is 0 Å². The molecule has 0 amide bonds. The fourth-order valence-corrected chi connectivity index (χ4v) is 2.08. The van der Waals surface area contributed by atoms with E-state index in [1.807, 2.05) is 0 Å². The Kier molecular flexibility index (Phi) is 3.80. The molecule has 0 aliphatic heterocycles. The number of hydrogen-bond acceptors (Lipinski definition) is 1. The monoisotopic (exact) mass is 392 g/mol. The second kappa shape index (κ2) is 4.40. The third-order valence-corrected chi connectivity index (χ3v) is 4.27. The van der Waals surface area contributed by atoms with Gasteiger partial charge in [-0.1, -0.05) is 0 Å². The molecule has 0 N–H and O–H groups in total. The fourth-order valence-electron chi connectivity index (χ4n) is 0.999. The van der Waals surface area contributed by atoms with Crippen molar-refractivity contribution in [1.29, 1.82) is 0 Å². The molecule has 1 aromatic carbocycles. The highest BCUT2D eigenvalue weighted by atomic mass is 127. The van der Waals surface area contributed by atoms with Crippen molar-refractivity contribution >= 4 is 44.3 Å². The van der Waals surface area contributed by atoms with Crippen molar-refractivity contribution in [1.82, 2.24) is 0 Å². The van der Waals surface area contributed by atoms with Gasteiger partial charge in [0, 0.05) is 13.6 Å². The van der Waals surface area contributed by atoms with Crippen LogP contribution < -0.4 is 0 Å². The second-order valence-electron chi connectivity index (χ2n) is 2.87. The molecule has 0 aliphatic carbocycles. The summed E-state index contributed by atoms with van der Waals surface area (Å²) in [4.78, 5) is 11.0. The van der Waals surface area contributed by atoms with Crippen molar-refractivity contribution in [3.05, 3.63) is 31.3 Å². The van der Waals surface area contributed by atoms with E-state index in [0.717, 1.165) is 6.07 Å². The largest absolute Gasteiger partial charge is 0.417 e. The van der Waals surface area contributed by atoms with Gasteiger partial charge in [-0.2, -0.15) is 13.2 Å². The molecule has 1 rings (SSSR count). The van der Waals surface area contributed by atoms with Gasteiger partial charge >= 0.3 is 6.18 Å². The normalized spacial score (nSPS) is 11.6. The highest BCUT2D eigenvalue weighted by molar-refractivity contribution is 14.1. The number of hydrogen-bond donors (Lipinski definition) is 0. The molecule has 0 aliphatic rings. The van der Waals surface area contributed by atoms with Crippen LogP contribution in [0, 0.1) is 3.57 Å². The number of benzene rings is 1. The first-order valence-electron chi connectivity index (χ1n) is 3.80. The van der Waals surface area contributed by atoms with Gasteiger partial charge in [0.1, 0.15) is 0 Å². The molecule has 1 nitrogen and oxygen atoms in total.